The van der Waals surface area contributed by atoms with Crippen LogP contribution in [0.2, 0.25) is 0 Å². The third-order valence-electron chi connectivity index (χ3n) is 4.19. The van der Waals surface area contributed by atoms with Crippen molar-refractivity contribution in [1.82, 2.24) is 5.43 Å². The number of nitrogens with zero attached hydrogens (tertiary/aromatic N) is 3. The van der Waals surface area contributed by atoms with Crippen molar-refractivity contribution in [3.63, 3.8) is 0 Å². The van der Waals surface area contributed by atoms with E-state index in [9.17, 15) is 23.3 Å². The lowest BCUT2D eigenvalue weighted by molar-refractivity contribution is -0.385. The second-order valence-electron chi connectivity index (χ2n) is 6.27. The zero-order valence-corrected chi connectivity index (χ0v) is 17.0. The van der Waals surface area contributed by atoms with Crippen LogP contribution in [0, 0.1) is 10.1 Å². The van der Waals surface area contributed by atoms with Crippen molar-refractivity contribution < 1.29 is 18.1 Å². The molecular weight excluding hydrogens is 420 g/mol. The van der Waals surface area contributed by atoms with Gasteiger partial charge in [-0.15, -0.1) is 0 Å². The number of anilines is 1. The standard InChI is InChI=1S/C21H18N4O5S/c26-21(23-22-15-17-9-7-8-14-20(17)25(27)28)16-24(18-10-3-1-4-11-18)31(29,30)19-12-5-2-6-13-19/h1-15H,16H2,(H,23,26)/b22-15-. The normalized spacial score (nSPS) is 11.2. The van der Waals surface area contributed by atoms with Gasteiger partial charge in [-0.25, -0.2) is 13.8 Å². The maximum Gasteiger partial charge on any atom is 0.278 e. The highest BCUT2D eigenvalue weighted by Crippen LogP contribution is 2.23. The smallest absolute Gasteiger partial charge is 0.271 e. The lowest BCUT2D eigenvalue weighted by Gasteiger charge is -2.23. The van der Waals surface area contributed by atoms with E-state index in [1.165, 1.54) is 30.3 Å². The topological polar surface area (TPSA) is 122 Å². The van der Waals surface area contributed by atoms with Crippen LogP contribution in [0.4, 0.5) is 11.4 Å². The van der Waals surface area contributed by atoms with Gasteiger partial charge in [-0.3, -0.25) is 19.2 Å². The predicted octanol–water partition coefficient (Wildman–Crippen LogP) is 2.94. The van der Waals surface area contributed by atoms with E-state index in [4.69, 9.17) is 0 Å². The first-order valence-corrected chi connectivity index (χ1v) is 10.5. The van der Waals surface area contributed by atoms with Gasteiger partial charge in [0.25, 0.3) is 21.6 Å². The van der Waals surface area contributed by atoms with E-state index in [0.717, 1.165) is 10.5 Å². The molecule has 158 valence electrons. The maximum atomic E-state index is 13.1. The number of benzene rings is 3. The van der Waals surface area contributed by atoms with Crippen LogP contribution in [0.1, 0.15) is 5.56 Å². The third kappa shape index (κ3) is 5.31. The number of carbonyl (C=O) groups excluding carboxylic acids is 1. The molecule has 0 aliphatic rings. The summed E-state index contributed by atoms with van der Waals surface area (Å²) in [6.45, 7) is -0.532. The summed E-state index contributed by atoms with van der Waals surface area (Å²) in [5.41, 5.74) is 2.56. The Labute approximate surface area is 178 Å². The molecule has 0 saturated heterocycles. The highest BCUT2D eigenvalue weighted by atomic mass is 32.2. The Hall–Kier alpha value is -4.05. The van der Waals surface area contributed by atoms with Crippen LogP contribution in [-0.4, -0.2) is 32.0 Å². The van der Waals surface area contributed by atoms with Gasteiger partial charge in [-0.1, -0.05) is 48.5 Å². The lowest BCUT2D eigenvalue weighted by atomic mass is 10.2. The summed E-state index contributed by atoms with van der Waals surface area (Å²) >= 11 is 0. The number of hydrogen-bond acceptors (Lipinski definition) is 6. The zero-order chi connectivity index (χ0) is 22.3. The third-order valence-corrected chi connectivity index (χ3v) is 5.98. The molecule has 9 nitrogen and oxygen atoms in total. The van der Waals surface area contributed by atoms with Gasteiger partial charge in [-0.2, -0.15) is 5.10 Å². The predicted molar refractivity (Wildman–Crippen MR) is 116 cm³/mol. The molecule has 1 N–H and O–H groups in total. The largest absolute Gasteiger partial charge is 0.278 e. The molecule has 0 saturated carbocycles. The zero-order valence-electron chi connectivity index (χ0n) is 16.2. The van der Waals surface area contributed by atoms with Gasteiger partial charge >= 0.3 is 0 Å². The van der Waals surface area contributed by atoms with E-state index in [-0.39, 0.29) is 16.1 Å². The Balaban J connectivity index is 1.81. The molecule has 0 bridgehead atoms. The van der Waals surface area contributed by atoms with Crippen molar-refractivity contribution in [2.75, 3.05) is 10.8 Å². The fourth-order valence-electron chi connectivity index (χ4n) is 2.73. The highest BCUT2D eigenvalue weighted by Gasteiger charge is 2.26. The summed E-state index contributed by atoms with van der Waals surface area (Å²) < 4.78 is 27.2. The number of hydrazone groups is 1. The fraction of sp³-hybridized carbons (Fsp3) is 0.0476. The Morgan fingerprint density at radius 2 is 1.55 bits per heavy atom. The summed E-state index contributed by atoms with van der Waals surface area (Å²) in [4.78, 5) is 23.0. The molecule has 31 heavy (non-hydrogen) atoms. The number of nitro groups is 1. The van der Waals surface area contributed by atoms with Gasteiger partial charge in [0.05, 0.1) is 27.3 Å². The fourth-order valence-corrected chi connectivity index (χ4v) is 4.17. The van der Waals surface area contributed by atoms with Crippen LogP contribution in [0.25, 0.3) is 0 Å². The van der Waals surface area contributed by atoms with Gasteiger partial charge in [0, 0.05) is 6.07 Å². The molecule has 3 aromatic rings. The van der Waals surface area contributed by atoms with Crippen molar-refractivity contribution in [2.24, 2.45) is 5.10 Å². The van der Waals surface area contributed by atoms with E-state index in [2.05, 4.69) is 10.5 Å². The van der Waals surface area contributed by atoms with Crippen LogP contribution in [0.3, 0.4) is 0 Å². The lowest BCUT2D eigenvalue weighted by Crippen LogP contribution is -2.39. The molecule has 0 spiro atoms. The molecule has 0 radical (unpaired) electrons. The van der Waals surface area contributed by atoms with Crippen LogP contribution in [0.5, 0.6) is 0 Å². The number of amides is 1. The number of nitro benzene ring substituents is 1. The quantitative estimate of drug-likeness (QED) is 0.329. The van der Waals surface area contributed by atoms with Crippen molar-refractivity contribution in [1.29, 1.82) is 0 Å². The van der Waals surface area contributed by atoms with Crippen molar-refractivity contribution in [2.45, 2.75) is 4.90 Å². The number of para-hydroxylation sites is 2. The molecule has 3 rings (SSSR count). The molecule has 3 aromatic carbocycles. The SMILES string of the molecule is O=C(CN(c1ccccc1)S(=O)(=O)c1ccccc1)N/N=C\c1ccccc1[N+](=O)[O-]. The van der Waals surface area contributed by atoms with E-state index >= 15 is 0 Å². The Morgan fingerprint density at radius 3 is 2.19 bits per heavy atom. The molecule has 0 aromatic heterocycles. The molecule has 0 unspecified atom stereocenters. The average molecular weight is 438 g/mol. The summed E-state index contributed by atoms with van der Waals surface area (Å²) in [5, 5.41) is 14.8. The molecule has 0 fully saturated rings. The van der Waals surface area contributed by atoms with Gasteiger partial charge in [-0.05, 0) is 30.3 Å². The summed E-state index contributed by atoms with van der Waals surface area (Å²) in [6.07, 6.45) is 1.13. The molecule has 0 aliphatic heterocycles. The van der Waals surface area contributed by atoms with Gasteiger partial charge in [0.1, 0.15) is 6.54 Å². The molecular formula is C21H18N4O5S. The molecule has 0 aliphatic carbocycles. The Kier molecular flexibility index (Phi) is 6.73. The molecule has 1 amide bonds. The highest BCUT2D eigenvalue weighted by molar-refractivity contribution is 7.92. The van der Waals surface area contributed by atoms with Gasteiger partial charge in [0.15, 0.2) is 0 Å². The van der Waals surface area contributed by atoms with Crippen LogP contribution < -0.4 is 9.73 Å². The average Bonchev–Trinajstić information content (AvgIpc) is 2.79. The van der Waals surface area contributed by atoms with E-state index in [1.807, 2.05) is 0 Å². The minimum absolute atomic E-state index is 0.0371. The van der Waals surface area contributed by atoms with Crippen LogP contribution >= 0.6 is 0 Å². The Morgan fingerprint density at radius 1 is 0.968 bits per heavy atom. The van der Waals surface area contributed by atoms with E-state index in [1.54, 1.807) is 54.6 Å². The molecule has 0 atom stereocenters. The van der Waals surface area contributed by atoms with Gasteiger partial charge < -0.3 is 0 Å². The monoisotopic (exact) mass is 438 g/mol. The first-order chi connectivity index (χ1) is 14.9. The second kappa shape index (κ2) is 9.63. The first kappa shape index (κ1) is 21.7. The number of nitrogens with one attached hydrogen (secondary N) is 1. The van der Waals surface area contributed by atoms with E-state index < -0.39 is 27.4 Å². The maximum absolute atomic E-state index is 13.1. The van der Waals surface area contributed by atoms with Crippen molar-refractivity contribution >= 4 is 33.5 Å². The number of sulfonamides is 1. The summed E-state index contributed by atoms with van der Waals surface area (Å²) in [7, 11) is -4.01. The summed E-state index contributed by atoms with van der Waals surface area (Å²) in [6, 6.07) is 21.8. The summed E-state index contributed by atoms with van der Waals surface area (Å²) in [5.74, 6) is -0.710. The minimum atomic E-state index is -4.01. The van der Waals surface area contributed by atoms with E-state index in [0.29, 0.717) is 5.69 Å². The van der Waals surface area contributed by atoms with Crippen LogP contribution in [0.15, 0.2) is 94.9 Å². The number of carbonyl (C=O) groups is 1. The van der Waals surface area contributed by atoms with Gasteiger partial charge in [0.2, 0.25) is 0 Å². The first-order valence-electron chi connectivity index (χ1n) is 9.08. The molecule has 10 heteroatoms. The number of hydrogen-bond donors (Lipinski definition) is 1. The number of rotatable bonds is 8. The van der Waals surface area contributed by atoms with Crippen LogP contribution in [-0.2, 0) is 14.8 Å². The molecule has 0 heterocycles. The Bertz CT molecular complexity index is 1200. The minimum Gasteiger partial charge on any atom is -0.271 e. The van der Waals surface area contributed by atoms with Crippen molar-refractivity contribution in [3.05, 3.63) is 101 Å². The van der Waals surface area contributed by atoms with Crippen molar-refractivity contribution in [3.8, 4) is 0 Å². The second-order valence-corrected chi connectivity index (χ2v) is 8.13.